The fourth-order valence-electron chi connectivity index (χ4n) is 10.2. The van der Waals surface area contributed by atoms with Gasteiger partial charge in [-0.05, 0) is 105 Å². The zero-order valence-corrected chi connectivity index (χ0v) is 31.2. The van der Waals surface area contributed by atoms with Crippen molar-refractivity contribution in [3.8, 4) is 39.1 Å². The molecule has 0 bridgehead atoms. The van der Waals surface area contributed by atoms with E-state index >= 15 is 0 Å². The topological polar surface area (TPSA) is 8.17 Å². The van der Waals surface area contributed by atoms with Crippen LogP contribution in [0.1, 0.15) is 22.3 Å². The standard InChI is InChI=1S/C55H36N2/c1-4-18-37(19-5-1)53-51(34-35-52-54(53)45-27-13-17-31-50(45)57(52)39-22-8-3-9-23-39)56(38-20-6-2-7-21-38)40-32-33-44-43-26-12-16-30-48(43)55(49(44)36-40)46-28-14-10-24-41(46)42-25-11-15-29-47(42)55/h1-36H. The van der Waals surface area contributed by atoms with E-state index in [1.54, 1.807) is 0 Å². The first kappa shape index (κ1) is 31.9. The first-order valence-electron chi connectivity index (χ1n) is 19.8. The van der Waals surface area contributed by atoms with Gasteiger partial charge in [-0.25, -0.2) is 0 Å². The predicted molar refractivity (Wildman–Crippen MR) is 237 cm³/mol. The molecule has 2 aliphatic carbocycles. The van der Waals surface area contributed by atoms with Crippen LogP contribution in [0.15, 0.2) is 218 Å². The minimum atomic E-state index is -0.438. The van der Waals surface area contributed by atoms with E-state index in [4.69, 9.17) is 0 Å². The van der Waals surface area contributed by atoms with Crippen LogP contribution in [0.5, 0.6) is 0 Å². The van der Waals surface area contributed by atoms with E-state index in [9.17, 15) is 0 Å². The summed E-state index contributed by atoms with van der Waals surface area (Å²) in [4.78, 5) is 2.49. The van der Waals surface area contributed by atoms with Gasteiger partial charge in [0.25, 0.3) is 0 Å². The molecule has 0 amide bonds. The van der Waals surface area contributed by atoms with Crippen LogP contribution in [0.25, 0.3) is 60.9 Å². The van der Waals surface area contributed by atoms with Crippen LogP contribution < -0.4 is 4.90 Å². The molecule has 1 aromatic heterocycles. The third-order valence-electron chi connectivity index (χ3n) is 12.4. The van der Waals surface area contributed by atoms with Gasteiger partial charge in [0.15, 0.2) is 0 Å². The molecule has 0 N–H and O–H groups in total. The molecular weight excluding hydrogens is 689 g/mol. The number of hydrogen-bond acceptors (Lipinski definition) is 1. The number of fused-ring (bicyclic) bond motifs is 13. The van der Waals surface area contributed by atoms with Crippen LogP contribution in [-0.2, 0) is 5.41 Å². The summed E-state index contributed by atoms with van der Waals surface area (Å²) in [6.45, 7) is 0. The third-order valence-corrected chi connectivity index (χ3v) is 12.4. The average molecular weight is 725 g/mol. The highest BCUT2D eigenvalue weighted by molar-refractivity contribution is 6.19. The van der Waals surface area contributed by atoms with E-state index in [-0.39, 0.29) is 0 Å². The molecule has 0 saturated heterocycles. The fourth-order valence-corrected chi connectivity index (χ4v) is 10.2. The SMILES string of the molecule is c1ccc(-c2c(N(c3ccccc3)c3ccc4c(c3)C3(c5ccccc5-c5ccccc53)c3ccccc3-4)ccc3c2c2ccccc2n3-c2ccccc2)cc1. The van der Waals surface area contributed by atoms with Crippen LogP contribution in [0.4, 0.5) is 17.1 Å². The maximum absolute atomic E-state index is 2.49. The van der Waals surface area contributed by atoms with E-state index < -0.39 is 5.41 Å². The van der Waals surface area contributed by atoms with Crippen LogP contribution in [-0.4, -0.2) is 4.57 Å². The molecule has 0 radical (unpaired) electrons. The highest BCUT2D eigenvalue weighted by atomic mass is 15.1. The maximum atomic E-state index is 2.49. The monoisotopic (exact) mass is 724 g/mol. The molecule has 0 atom stereocenters. The van der Waals surface area contributed by atoms with Gasteiger partial charge >= 0.3 is 0 Å². The van der Waals surface area contributed by atoms with Crippen molar-refractivity contribution in [2.24, 2.45) is 0 Å². The molecule has 12 rings (SSSR count). The lowest BCUT2D eigenvalue weighted by molar-refractivity contribution is 0.793. The van der Waals surface area contributed by atoms with E-state index in [0.717, 1.165) is 22.7 Å². The Balaban J connectivity index is 1.18. The smallest absolute Gasteiger partial charge is 0.0726 e. The van der Waals surface area contributed by atoms with E-state index in [2.05, 4.69) is 228 Å². The highest BCUT2D eigenvalue weighted by Crippen LogP contribution is 2.63. The maximum Gasteiger partial charge on any atom is 0.0726 e. The molecular formula is C55H36N2. The number of rotatable bonds is 5. The van der Waals surface area contributed by atoms with E-state index in [1.165, 1.54) is 77.4 Å². The Bertz CT molecular complexity index is 3110. The van der Waals surface area contributed by atoms with Crippen molar-refractivity contribution in [3.63, 3.8) is 0 Å². The van der Waals surface area contributed by atoms with Crippen molar-refractivity contribution >= 4 is 38.9 Å². The van der Waals surface area contributed by atoms with Gasteiger partial charge in [0.05, 0.1) is 22.1 Å². The van der Waals surface area contributed by atoms with Crippen LogP contribution in [0, 0.1) is 0 Å². The van der Waals surface area contributed by atoms with Gasteiger partial charge in [0, 0.05) is 33.4 Å². The number of anilines is 3. The number of aromatic nitrogens is 1. The summed E-state index contributed by atoms with van der Waals surface area (Å²) >= 11 is 0. The lowest BCUT2D eigenvalue weighted by Gasteiger charge is -2.33. The molecule has 0 saturated carbocycles. The molecule has 57 heavy (non-hydrogen) atoms. The van der Waals surface area contributed by atoms with E-state index in [1.807, 2.05) is 0 Å². The van der Waals surface area contributed by atoms with Gasteiger partial charge < -0.3 is 9.47 Å². The van der Waals surface area contributed by atoms with Crippen molar-refractivity contribution in [3.05, 3.63) is 241 Å². The van der Waals surface area contributed by atoms with Crippen molar-refractivity contribution in [2.45, 2.75) is 5.41 Å². The van der Waals surface area contributed by atoms with Gasteiger partial charge in [-0.15, -0.1) is 0 Å². The van der Waals surface area contributed by atoms with Crippen LogP contribution >= 0.6 is 0 Å². The second kappa shape index (κ2) is 12.3. The Morgan fingerprint density at radius 3 is 1.54 bits per heavy atom. The zero-order valence-electron chi connectivity index (χ0n) is 31.2. The van der Waals surface area contributed by atoms with Gasteiger partial charge in [-0.2, -0.15) is 0 Å². The molecule has 1 spiro atoms. The second-order valence-electron chi connectivity index (χ2n) is 15.2. The number of hydrogen-bond donors (Lipinski definition) is 0. The summed E-state index contributed by atoms with van der Waals surface area (Å²) in [7, 11) is 0. The van der Waals surface area contributed by atoms with Gasteiger partial charge in [-0.3, -0.25) is 0 Å². The van der Waals surface area contributed by atoms with Gasteiger partial charge in [-0.1, -0.05) is 164 Å². The summed E-state index contributed by atoms with van der Waals surface area (Å²) in [5, 5.41) is 2.47. The Hall–Kier alpha value is -7.42. The molecule has 0 fully saturated rings. The molecule has 0 aliphatic heterocycles. The van der Waals surface area contributed by atoms with Crippen molar-refractivity contribution < 1.29 is 0 Å². The quantitative estimate of drug-likeness (QED) is 0.172. The van der Waals surface area contributed by atoms with Crippen molar-refractivity contribution in [2.75, 3.05) is 4.90 Å². The second-order valence-corrected chi connectivity index (χ2v) is 15.2. The van der Waals surface area contributed by atoms with E-state index in [0.29, 0.717) is 0 Å². The normalized spacial score (nSPS) is 13.1. The molecule has 2 nitrogen and oxygen atoms in total. The van der Waals surface area contributed by atoms with Crippen molar-refractivity contribution in [1.82, 2.24) is 4.57 Å². The molecule has 266 valence electrons. The molecule has 1 heterocycles. The molecule has 2 heteroatoms. The van der Waals surface area contributed by atoms with Crippen LogP contribution in [0.3, 0.4) is 0 Å². The number of para-hydroxylation sites is 3. The van der Waals surface area contributed by atoms with Crippen molar-refractivity contribution in [1.29, 1.82) is 0 Å². The summed E-state index contributed by atoms with van der Waals surface area (Å²) in [5.41, 5.74) is 19.4. The summed E-state index contributed by atoms with van der Waals surface area (Å²) in [6, 6.07) is 80.5. The Kier molecular flexibility index (Phi) is 6.88. The Morgan fingerprint density at radius 1 is 0.368 bits per heavy atom. The van der Waals surface area contributed by atoms with Gasteiger partial charge in [0.1, 0.15) is 0 Å². The summed E-state index contributed by atoms with van der Waals surface area (Å²) < 4.78 is 2.42. The largest absolute Gasteiger partial charge is 0.310 e. The number of nitrogens with zero attached hydrogens (tertiary/aromatic N) is 2. The minimum absolute atomic E-state index is 0.438. The van der Waals surface area contributed by atoms with Crippen LogP contribution in [0.2, 0.25) is 0 Å². The lowest BCUT2D eigenvalue weighted by Crippen LogP contribution is -2.26. The number of benzene rings is 9. The first-order valence-corrected chi connectivity index (χ1v) is 19.8. The molecule has 10 aromatic rings. The summed E-state index contributed by atoms with van der Waals surface area (Å²) in [6.07, 6.45) is 0. The Morgan fingerprint density at radius 2 is 0.895 bits per heavy atom. The predicted octanol–water partition coefficient (Wildman–Crippen LogP) is 14.3. The lowest BCUT2D eigenvalue weighted by atomic mass is 9.70. The molecule has 9 aromatic carbocycles. The van der Waals surface area contributed by atoms with Gasteiger partial charge in [0.2, 0.25) is 0 Å². The minimum Gasteiger partial charge on any atom is -0.310 e. The fraction of sp³-hybridized carbons (Fsp3) is 0.0182. The average Bonchev–Trinajstić information content (AvgIpc) is 3.89. The highest BCUT2D eigenvalue weighted by Gasteiger charge is 2.51. The molecule has 0 unspecified atom stereocenters. The Labute approximate surface area is 332 Å². The zero-order chi connectivity index (χ0) is 37.5. The third kappa shape index (κ3) is 4.41. The molecule has 2 aliphatic rings. The first-order chi connectivity index (χ1) is 28.3. The summed E-state index contributed by atoms with van der Waals surface area (Å²) in [5.74, 6) is 0.